The van der Waals surface area contributed by atoms with Gasteiger partial charge in [0.15, 0.2) is 0 Å². The van der Waals surface area contributed by atoms with Crippen LogP contribution in [0.5, 0.6) is 0 Å². The Morgan fingerprint density at radius 2 is 1.97 bits per heavy atom. The predicted molar refractivity (Wildman–Crippen MR) is 120 cm³/mol. The van der Waals surface area contributed by atoms with Crippen molar-refractivity contribution in [3.63, 3.8) is 0 Å². The summed E-state index contributed by atoms with van der Waals surface area (Å²) in [6.07, 6.45) is 3.81. The Morgan fingerprint density at radius 3 is 2.78 bits per heavy atom. The monoisotopic (exact) mass is 428 g/mol. The van der Waals surface area contributed by atoms with Crippen LogP contribution in [0.2, 0.25) is 0 Å². The molecule has 3 aromatic heterocycles. The van der Waals surface area contributed by atoms with Crippen molar-refractivity contribution in [3.8, 4) is 0 Å². The molecule has 4 heterocycles. The molecule has 0 spiro atoms. The molecule has 1 aliphatic rings. The predicted octanol–water partition coefficient (Wildman–Crippen LogP) is 2.84. The van der Waals surface area contributed by atoms with Gasteiger partial charge in [-0.25, -0.2) is 4.98 Å². The minimum absolute atomic E-state index is 0.0439. The topological polar surface area (TPSA) is 95.9 Å². The second-order valence-electron chi connectivity index (χ2n) is 8.00. The summed E-state index contributed by atoms with van der Waals surface area (Å²) in [7, 11) is 0. The summed E-state index contributed by atoms with van der Waals surface area (Å²) in [5.74, 6) is 0.649. The van der Waals surface area contributed by atoms with Gasteiger partial charge in [0, 0.05) is 36.4 Å². The average Bonchev–Trinajstić information content (AvgIpc) is 3.42. The summed E-state index contributed by atoms with van der Waals surface area (Å²) in [5, 5.41) is 3.90. The van der Waals surface area contributed by atoms with E-state index in [0.29, 0.717) is 31.0 Å². The number of carbonyl (C=O) groups excluding carboxylic acids is 2. The lowest BCUT2D eigenvalue weighted by molar-refractivity contribution is -0.120. The molecule has 32 heavy (non-hydrogen) atoms. The molecule has 5 rings (SSSR count). The number of H-pyrrole nitrogens is 1. The van der Waals surface area contributed by atoms with Crippen molar-refractivity contribution in [1.82, 2.24) is 29.7 Å². The lowest BCUT2D eigenvalue weighted by Crippen LogP contribution is -2.41. The quantitative estimate of drug-likeness (QED) is 0.511. The molecule has 8 heteroatoms. The van der Waals surface area contributed by atoms with Gasteiger partial charge in [-0.05, 0) is 31.2 Å². The summed E-state index contributed by atoms with van der Waals surface area (Å²) < 4.78 is 2.04. The summed E-state index contributed by atoms with van der Waals surface area (Å²) in [6, 6.07) is 15.2. The molecule has 1 unspecified atom stereocenters. The highest BCUT2D eigenvalue weighted by Crippen LogP contribution is 2.27. The number of hydrogen-bond donors (Lipinski definition) is 2. The first-order chi connectivity index (χ1) is 15.6. The van der Waals surface area contributed by atoms with Crippen LogP contribution in [0.25, 0.3) is 10.9 Å². The maximum atomic E-state index is 13.2. The van der Waals surface area contributed by atoms with Crippen molar-refractivity contribution in [2.75, 3.05) is 6.54 Å². The summed E-state index contributed by atoms with van der Waals surface area (Å²) in [6.45, 7) is 3.60. The summed E-state index contributed by atoms with van der Waals surface area (Å²) in [4.78, 5) is 39.5. The van der Waals surface area contributed by atoms with Crippen molar-refractivity contribution >= 4 is 22.7 Å². The van der Waals surface area contributed by atoms with Gasteiger partial charge in [-0.15, -0.1) is 0 Å². The lowest BCUT2D eigenvalue weighted by Gasteiger charge is -2.33. The van der Waals surface area contributed by atoms with E-state index in [2.05, 4.69) is 20.3 Å². The van der Waals surface area contributed by atoms with Gasteiger partial charge in [-0.1, -0.05) is 24.3 Å². The largest absolute Gasteiger partial charge is 0.351 e. The molecule has 162 valence electrons. The van der Waals surface area contributed by atoms with Gasteiger partial charge in [0.25, 0.3) is 5.91 Å². The Hall–Kier alpha value is -3.94. The van der Waals surface area contributed by atoms with Gasteiger partial charge in [0.1, 0.15) is 11.5 Å². The highest BCUT2D eigenvalue weighted by molar-refractivity contribution is 5.98. The molecule has 2 N–H and O–H groups in total. The molecule has 0 radical (unpaired) electrons. The fraction of sp³-hybridized carbons (Fsp3) is 0.250. The van der Waals surface area contributed by atoms with E-state index < -0.39 is 0 Å². The lowest BCUT2D eigenvalue weighted by atomic mass is 10.2. The SMILES string of the molecule is CC1c2nc(CC(=O)NCc3ccccn3)cn2CCN1C(=O)c1cc2ccccc2[nH]1. The van der Waals surface area contributed by atoms with Gasteiger partial charge in [-0.3, -0.25) is 14.6 Å². The van der Waals surface area contributed by atoms with E-state index in [4.69, 9.17) is 0 Å². The molecule has 8 nitrogen and oxygen atoms in total. The zero-order valence-corrected chi connectivity index (χ0v) is 17.8. The third-order valence-electron chi connectivity index (χ3n) is 5.84. The van der Waals surface area contributed by atoms with E-state index in [-0.39, 0.29) is 24.3 Å². The van der Waals surface area contributed by atoms with Crippen LogP contribution in [0.4, 0.5) is 0 Å². The molecular formula is C24H24N6O2. The second-order valence-corrected chi connectivity index (χ2v) is 8.00. The number of imidazole rings is 1. The molecular weight excluding hydrogens is 404 g/mol. The number of rotatable bonds is 5. The number of fused-ring (bicyclic) bond motifs is 2. The van der Waals surface area contributed by atoms with Crippen molar-refractivity contribution in [2.45, 2.75) is 32.5 Å². The molecule has 1 atom stereocenters. The molecule has 0 saturated carbocycles. The van der Waals surface area contributed by atoms with E-state index in [0.717, 1.165) is 22.4 Å². The fourth-order valence-corrected chi connectivity index (χ4v) is 4.17. The first-order valence-electron chi connectivity index (χ1n) is 10.7. The highest BCUT2D eigenvalue weighted by Gasteiger charge is 2.31. The van der Waals surface area contributed by atoms with Crippen LogP contribution in [-0.2, 0) is 24.3 Å². The maximum Gasteiger partial charge on any atom is 0.270 e. The number of pyridine rings is 1. The van der Waals surface area contributed by atoms with E-state index in [1.807, 2.05) is 71.1 Å². The van der Waals surface area contributed by atoms with Crippen molar-refractivity contribution < 1.29 is 9.59 Å². The molecule has 0 saturated heterocycles. The second kappa shape index (κ2) is 8.30. The van der Waals surface area contributed by atoms with Gasteiger partial charge in [0.2, 0.25) is 5.91 Å². The van der Waals surface area contributed by atoms with E-state index >= 15 is 0 Å². The Labute approximate surface area is 185 Å². The van der Waals surface area contributed by atoms with Crippen LogP contribution in [0.15, 0.2) is 60.9 Å². The number of amides is 2. The first kappa shape index (κ1) is 20.0. The number of benzene rings is 1. The van der Waals surface area contributed by atoms with Gasteiger partial charge in [0.05, 0.1) is 30.4 Å². The molecule has 0 bridgehead atoms. The zero-order valence-electron chi connectivity index (χ0n) is 17.8. The normalized spacial score (nSPS) is 15.5. The third-order valence-corrected chi connectivity index (χ3v) is 5.84. The first-order valence-corrected chi connectivity index (χ1v) is 10.7. The number of hydrogen-bond acceptors (Lipinski definition) is 4. The molecule has 2 amide bonds. The zero-order chi connectivity index (χ0) is 22.1. The van der Waals surface area contributed by atoms with Crippen LogP contribution in [0, 0.1) is 0 Å². The number of aromatic nitrogens is 4. The minimum atomic E-state index is -0.187. The van der Waals surface area contributed by atoms with Crippen LogP contribution in [0.1, 0.15) is 40.7 Å². The van der Waals surface area contributed by atoms with E-state index in [1.54, 1.807) is 6.20 Å². The number of aromatic amines is 1. The van der Waals surface area contributed by atoms with Gasteiger partial charge >= 0.3 is 0 Å². The summed E-state index contributed by atoms with van der Waals surface area (Å²) >= 11 is 0. The molecule has 1 aliphatic heterocycles. The van der Waals surface area contributed by atoms with Gasteiger partial charge in [-0.2, -0.15) is 0 Å². The Balaban J connectivity index is 1.26. The number of nitrogens with zero attached hydrogens (tertiary/aromatic N) is 4. The average molecular weight is 428 g/mol. The Bertz CT molecular complexity index is 1240. The molecule has 0 fully saturated rings. The van der Waals surface area contributed by atoms with Crippen LogP contribution in [0.3, 0.4) is 0 Å². The minimum Gasteiger partial charge on any atom is -0.351 e. The van der Waals surface area contributed by atoms with Crippen LogP contribution < -0.4 is 5.32 Å². The number of para-hydroxylation sites is 1. The molecule has 0 aliphatic carbocycles. The third kappa shape index (κ3) is 3.87. The van der Waals surface area contributed by atoms with Gasteiger partial charge < -0.3 is 19.8 Å². The Kier molecular flexibility index (Phi) is 5.18. The van der Waals surface area contributed by atoms with Crippen molar-refractivity contribution in [1.29, 1.82) is 0 Å². The van der Waals surface area contributed by atoms with Crippen molar-refractivity contribution in [3.05, 3.63) is 83.8 Å². The molecule has 1 aromatic carbocycles. The number of carbonyl (C=O) groups is 2. The highest BCUT2D eigenvalue weighted by atomic mass is 16.2. The smallest absolute Gasteiger partial charge is 0.270 e. The maximum absolute atomic E-state index is 13.2. The van der Waals surface area contributed by atoms with E-state index in [1.165, 1.54) is 0 Å². The van der Waals surface area contributed by atoms with Crippen LogP contribution in [-0.4, -0.2) is 42.8 Å². The number of nitrogens with one attached hydrogen (secondary N) is 2. The summed E-state index contributed by atoms with van der Waals surface area (Å²) in [5.41, 5.74) is 3.03. The Morgan fingerprint density at radius 1 is 1.12 bits per heavy atom. The fourth-order valence-electron chi connectivity index (χ4n) is 4.17. The van der Waals surface area contributed by atoms with Crippen LogP contribution >= 0.6 is 0 Å². The molecule has 4 aromatic rings. The van der Waals surface area contributed by atoms with E-state index in [9.17, 15) is 9.59 Å². The van der Waals surface area contributed by atoms with Crippen molar-refractivity contribution in [2.24, 2.45) is 0 Å². The standard InChI is InChI=1S/C24H24N6O2/c1-16-23-27-19(13-22(31)26-14-18-7-4-5-9-25-18)15-29(23)10-11-30(16)24(32)21-12-17-6-2-3-8-20(17)28-21/h2-9,12,15-16,28H,10-11,13-14H2,1H3,(H,26,31).